The maximum atomic E-state index is 5.60. The summed E-state index contributed by atoms with van der Waals surface area (Å²) in [6.07, 6.45) is 6.39. The molecule has 1 atom stereocenters. The lowest BCUT2D eigenvalue weighted by Crippen LogP contribution is -2.30. The topological polar surface area (TPSA) is 81.7 Å². The minimum Gasteiger partial charge on any atom is -0.273 e. The van der Waals surface area contributed by atoms with Gasteiger partial charge in [0.25, 0.3) is 0 Å². The van der Waals surface area contributed by atoms with Gasteiger partial charge in [-0.3, -0.25) is 16.0 Å². The van der Waals surface area contributed by atoms with E-state index in [9.17, 15) is 0 Å². The van der Waals surface area contributed by atoms with Crippen LogP contribution in [0, 0.1) is 6.92 Å². The van der Waals surface area contributed by atoms with Crippen molar-refractivity contribution in [2.24, 2.45) is 5.84 Å². The first-order chi connectivity index (χ1) is 8.72. The second kappa shape index (κ2) is 5.70. The van der Waals surface area contributed by atoms with Gasteiger partial charge >= 0.3 is 0 Å². The van der Waals surface area contributed by atoms with E-state index in [4.69, 9.17) is 5.84 Å². The van der Waals surface area contributed by atoms with Gasteiger partial charge < -0.3 is 0 Å². The Morgan fingerprint density at radius 1 is 1.50 bits per heavy atom. The molecule has 0 aliphatic carbocycles. The van der Waals surface area contributed by atoms with E-state index < -0.39 is 0 Å². The predicted molar refractivity (Wildman–Crippen MR) is 68.4 cm³/mol. The van der Waals surface area contributed by atoms with E-state index in [0.717, 1.165) is 30.0 Å². The smallest absolute Gasteiger partial charge is 0.125 e. The van der Waals surface area contributed by atoms with E-state index in [1.165, 1.54) is 0 Å². The Morgan fingerprint density at radius 3 is 2.94 bits per heavy atom. The Kier molecular flexibility index (Phi) is 4.01. The normalized spacial score (nSPS) is 12.6. The van der Waals surface area contributed by atoms with Crippen LogP contribution in [0.5, 0.6) is 0 Å². The highest BCUT2D eigenvalue weighted by Gasteiger charge is 2.13. The van der Waals surface area contributed by atoms with Crippen LogP contribution in [0.2, 0.25) is 0 Å². The standard InChI is InChI=1S/C12H18N6/c1-3-18-8-10(7-15-18)6-12(17-13)11-4-5-14-9(2)16-11/h4-5,7-8,12,17H,3,6,13H2,1-2H3. The van der Waals surface area contributed by atoms with Gasteiger partial charge in [0, 0.05) is 18.9 Å². The zero-order chi connectivity index (χ0) is 13.0. The molecule has 0 aromatic carbocycles. The van der Waals surface area contributed by atoms with Gasteiger partial charge in [-0.25, -0.2) is 9.97 Å². The minimum absolute atomic E-state index is 0.0267. The molecular weight excluding hydrogens is 228 g/mol. The summed E-state index contributed by atoms with van der Waals surface area (Å²) in [4.78, 5) is 8.47. The van der Waals surface area contributed by atoms with Crippen molar-refractivity contribution in [1.82, 2.24) is 25.2 Å². The number of nitrogens with two attached hydrogens (primary N) is 1. The quantitative estimate of drug-likeness (QED) is 0.601. The molecule has 0 amide bonds. The van der Waals surface area contributed by atoms with Crippen molar-refractivity contribution in [3.05, 3.63) is 41.7 Å². The molecule has 2 heterocycles. The number of aromatic nitrogens is 4. The maximum absolute atomic E-state index is 5.60. The number of hydrogen-bond donors (Lipinski definition) is 2. The van der Waals surface area contributed by atoms with Gasteiger partial charge in [-0.1, -0.05) is 0 Å². The molecule has 0 saturated carbocycles. The molecule has 0 spiro atoms. The second-order valence-corrected chi connectivity index (χ2v) is 4.16. The highest BCUT2D eigenvalue weighted by Crippen LogP contribution is 2.15. The molecule has 2 rings (SSSR count). The Balaban J connectivity index is 2.14. The molecular formula is C12H18N6. The average Bonchev–Trinajstić information content (AvgIpc) is 2.83. The van der Waals surface area contributed by atoms with Crippen LogP contribution in [0.4, 0.5) is 0 Å². The third-order valence-corrected chi connectivity index (χ3v) is 2.81. The number of nitrogens with one attached hydrogen (secondary N) is 1. The molecule has 0 aliphatic rings. The highest BCUT2D eigenvalue weighted by molar-refractivity contribution is 5.14. The summed E-state index contributed by atoms with van der Waals surface area (Å²) in [5.74, 6) is 6.35. The highest BCUT2D eigenvalue weighted by atomic mass is 15.3. The summed E-state index contributed by atoms with van der Waals surface area (Å²) in [6.45, 7) is 4.79. The van der Waals surface area contributed by atoms with Gasteiger partial charge in [-0.05, 0) is 31.9 Å². The molecule has 6 heteroatoms. The molecule has 6 nitrogen and oxygen atoms in total. The van der Waals surface area contributed by atoms with E-state index in [2.05, 4.69) is 27.4 Å². The molecule has 96 valence electrons. The fraction of sp³-hybridized carbons (Fsp3) is 0.417. The molecule has 0 saturated heterocycles. The Hall–Kier alpha value is -1.79. The van der Waals surface area contributed by atoms with Crippen molar-refractivity contribution in [2.45, 2.75) is 32.9 Å². The first-order valence-corrected chi connectivity index (χ1v) is 6.00. The number of hydrazine groups is 1. The second-order valence-electron chi connectivity index (χ2n) is 4.16. The monoisotopic (exact) mass is 246 g/mol. The molecule has 0 fully saturated rings. The third kappa shape index (κ3) is 2.91. The first-order valence-electron chi connectivity index (χ1n) is 6.00. The fourth-order valence-electron chi connectivity index (χ4n) is 1.84. The minimum atomic E-state index is -0.0267. The summed E-state index contributed by atoms with van der Waals surface area (Å²) >= 11 is 0. The number of nitrogens with zero attached hydrogens (tertiary/aromatic N) is 4. The third-order valence-electron chi connectivity index (χ3n) is 2.81. The van der Waals surface area contributed by atoms with Gasteiger partial charge in [0.1, 0.15) is 5.82 Å². The molecule has 2 aromatic heterocycles. The molecule has 2 aromatic rings. The van der Waals surface area contributed by atoms with E-state index in [1.807, 2.05) is 30.1 Å². The molecule has 0 aliphatic heterocycles. The van der Waals surface area contributed by atoms with Gasteiger partial charge in [0.05, 0.1) is 17.9 Å². The molecule has 0 bridgehead atoms. The maximum Gasteiger partial charge on any atom is 0.125 e. The Morgan fingerprint density at radius 2 is 2.33 bits per heavy atom. The summed E-state index contributed by atoms with van der Waals surface area (Å²) < 4.78 is 1.90. The van der Waals surface area contributed by atoms with Crippen molar-refractivity contribution >= 4 is 0 Å². The first kappa shape index (κ1) is 12.7. The lowest BCUT2D eigenvalue weighted by molar-refractivity contribution is 0.535. The van der Waals surface area contributed by atoms with Crippen molar-refractivity contribution in [3.63, 3.8) is 0 Å². The number of rotatable bonds is 5. The van der Waals surface area contributed by atoms with Crippen molar-refractivity contribution in [3.8, 4) is 0 Å². The lowest BCUT2D eigenvalue weighted by Gasteiger charge is -2.14. The van der Waals surface area contributed by atoms with Crippen LogP contribution in [0.3, 0.4) is 0 Å². The van der Waals surface area contributed by atoms with Crippen molar-refractivity contribution in [1.29, 1.82) is 0 Å². The summed E-state index contributed by atoms with van der Waals surface area (Å²) in [5, 5.41) is 4.25. The number of aryl methyl sites for hydroxylation is 2. The van der Waals surface area contributed by atoms with E-state index >= 15 is 0 Å². The summed E-state index contributed by atoms with van der Waals surface area (Å²) in [6, 6.07) is 1.85. The SMILES string of the molecule is CCn1cc(CC(NN)c2ccnc(C)n2)cn1. The fourth-order valence-corrected chi connectivity index (χ4v) is 1.84. The van der Waals surface area contributed by atoms with Gasteiger partial charge in [-0.2, -0.15) is 5.10 Å². The van der Waals surface area contributed by atoms with Crippen molar-refractivity contribution < 1.29 is 0 Å². The largest absolute Gasteiger partial charge is 0.273 e. The van der Waals surface area contributed by atoms with Crippen LogP contribution in [0.25, 0.3) is 0 Å². The molecule has 1 unspecified atom stereocenters. The van der Waals surface area contributed by atoms with Crippen LogP contribution >= 0.6 is 0 Å². The van der Waals surface area contributed by atoms with Crippen LogP contribution in [-0.2, 0) is 13.0 Å². The molecule has 3 N–H and O–H groups in total. The zero-order valence-electron chi connectivity index (χ0n) is 10.7. The Labute approximate surface area is 106 Å². The summed E-state index contributed by atoms with van der Waals surface area (Å²) in [7, 11) is 0. The lowest BCUT2D eigenvalue weighted by atomic mass is 10.1. The zero-order valence-corrected chi connectivity index (χ0v) is 10.7. The molecule has 0 radical (unpaired) electrons. The van der Waals surface area contributed by atoms with Gasteiger partial charge in [0.2, 0.25) is 0 Å². The van der Waals surface area contributed by atoms with Crippen LogP contribution < -0.4 is 11.3 Å². The van der Waals surface area contributed by atoms with E-state index in [1.54, 1.807) is 6.20 Å². The van der Waals surface area contributed by atoms with Crippen LogP contribution in [0.15, 0.2) is 24.7 Å². The van der Waals surface area contributed by atoms with Crippen LogP contribution in [-0.4, -0.2) is 19.7 Å². The summed E-state index contributed by atoms with van der Waals surface area (Å²) in [5.41, 5.74) is 4.83. The van der Waals surface area contributed by atoms with Crippen molar-refractivity contribution in [2.75, 3.05) is 0 Å². The number of hydrogen-bond acceptors (Lipinski definition) is 5. The molecule has 18 heavy (non-hydrogen) atoms. The average molecular weight is 246 g/mol. The van der Waals surface area contributed by atoms with Crippen LogP contribution in [0.1, 0.15) is 30.0 Å². The van der Waals surface area contributed by atoms with Gasteiger partial charge in [-0.15, -0.1) is 0 Å². The van der Waals surface area contributed by atoms with Gasteiger partial charge in [0.15, 0.2) is 0 Å². The van der Waals surface area contributed by atoms with E-state index in [0.29, 0.717) is 0 Å². The predicted octanol–water partition coefficient (Wildman–Crippen LogP) is 0.749. The Bertz CT molecular complexity index is 507. The van der Waals surface area contributed by atoms with E-state index in [-0.39, 0.29) is 6.04 Å².